The first-order chi connectivity index (χ1) is 19.2. The Morgan fingerprint density at radius 2 is 1.98 bits per heavy atom. The van der Waals surface area contributed by atoms with Gasteiger partial charge in [-0.1, -0.05) is 31.2 Å². The molecule has 218 valence electrons. The molecule has 0 saturated carbocycles. The number of carbonyl (C=O) groups excluding carboxylic acids is 3. The number of thioether (sulfide) groups is 1. The fourth-order valence-electron chi connectivity index (χ4n) is 6.97. The highest BCUT2D eigenvalue weighted by atomic mass is 32.2. The van der Waals surface area contributed by atoms with Crippen LogP contribution in [0.4, 0.5) is 5.69 Å². The second kappa shape index (κ2) is 12.9. The molecule has 3 unspecified atom stereocenters. The highest BCUT2D eigenvalue weighted by Gasteiger charge is 2.76. The Morgan fingerprint density at radius 1 is 1.20 bits per heavy atom. The van der Waals surface area contributed by atoms with Crippen molar-refractivity contribution in [2.45, 2.75) is 75.3 Å². The first kappa shape index (κ1) is 30.4. The van der Waals surface area contributed by atoms with Crippen molar-refractivity contribution in [2.75, 3.05) is 31.2 Å². The van der Waals surface area contributed by atoms with E-state index in [2.05, 4.69) is 20.1 Å². The van der Waals surface area contributed by atoms with E-state index in [1.54, 1.807) is 33.7 Å². The van der Waals surface area contributed by atoms with Gasteiger partial charge in [0.2, 0.25) is 5.91 Å². The third-order valence-corrected chi connectivity index (χ3v) is 10.9. The number of aryl methyl sites for hydroxylation is 2. The molecule has 40 heavy (non-hydrogen) atoms. The van der Waals surface area contributed by atoms with E-state index in [1.165, 1.54) is 0 Å². The number of anilines is 1. The van der Waals surface area contributed by atoms with Crippen LogP contribution in [0.3, 0.4) is 0 Å². The fraction of sp³-hybridized carbons (Fsp3) is 0.594. The zero-order valence-corrected chi connectivity index (χ0v) is 25.0. The Hall–Kier alpha value is -2.58. The van der Waals surface area contributed by atoms with Gasteiger partial charge in [-0.3, -0.25) is 14.4 Å². The summed E-state index contributed by atoms with van der Waals surface area (Å²) in [7, 11) is 0. The quantitative estimate of drug-likeness (QED) is 0.197. The van der Waals surface area contributed by atoms with Crippen LogP contribution in [0.25, 0.3) is 0 Å². The van der Waals surface area contributed by atoms with E-state index in [0.717, 1.165) is 36.1 Å². The lowest BCUT2D eigenvalue weighted by Crippen LogP contribution is -2.57. The molecule has 0 radical (unpaired) electrons. The molecule has 1 spiro atoms. The Bertz CT molecular complexity index is 1140. The van der Waals surface area contributed by atoms with Crippen molar-refractivity contribution in [3.8, 4) is 0 Å². The second-order valence-corrected chi connectivity index (χ2v) is 13.0. The van der Waals surface area contributed by atoms with Crippen LogP contribution in [-0.4, -0.2) is 70.1 Å². The van der Waals surface area contributed by atoms with Gasteiger partial charge in [-0.15, -0.1) is 24.9 Å². The van der Waals surface area contributed by atoms with E-state index in [0.29, 0.717) is 39.0 Å². The van der Waals surface area contributed by atoms with E-state index >= 15 is 0 Å². The maximum absolute atomic E-state index is 14.7. The van der Waals surface area contributed by atoms with Gasteiger partial charge in [-0.2, -0.15) is 0 Å². The van der Waals surface area contributed by atoms with Crippen LogP contribution in [0.5, 0.6) is 0 Å². The number of hydrogen-bond donors (Lipinski definition) is 1. The average molecular weight is 569 g/mol. The Morgan fingerprint density at radius 3 is 2.67 bits per heavy atom. The number of nitrogens with zero attached hydrogens (tertiary/aromatic N) is 2. The number of rotatable bonds is 14. The number of benzene rings is 1. The van der Waals surface area contributed by atoms with Gasteiger partial charge >= 0.3 is 5.97 Å². The summed E-state index contributed by atoms with van der Waals surface area (Å²) in [6.45, 7) is 14.9. The first-order valence-electron chi connectivity index (χ1n) is 14.6. The number of allylic oxidation sites excluding steroid dienone is 1. The Balaban J connectivity index is 1.73. The molecule has 3 saturated heterocycles. The van der Waals surface area contributed by atoms with E-state index in [9.17, 15) is 19.5 Å². The van der Waals surface area contributed by atoms with Crippen molar-refractivity contribution in [2.24, 2.45) is 17.8 Å². The SMILES string of the molecule is C=CCCCOC(=O)[C@@H]1[C@H]2C(=O)N(CCCCCO)C(C(=O)N(CC=C)c3cc(C)ccc3C)C23S[C@@H]1CC3C. The standard InChI is InChI=1S/C32H44N2O5S/c1-6-8-12-18-39-31(38)26-25-20-23(5)32(40-25)27(26)29(36)34(16-10-9-11-17-35)28(32)30(37)33(15-7-2)24-19-21(3)13-14-22(24)4/h6-7,13-14,19,23,25-28,35H,1-2,8-12,15-18,20H2,3-5H3/t23?,25-,26+,27+,28?,32?/m1/s1. The molecule has 6 atom stereocenters. The number of amides is 2. The lowest BCUT2D eigenvalue weighted by molar-refractivity contribution is -0.154. The van der Waals surface area contributed by atoms with Crippen molar-refractivity contribution in [3.05, 3.63) is 54.6 Å². The minimum atomic E-state index is -0.697. The van der Waals surface area contributed by atoms with Crippen LogP contribution in [0.15, 0.2) is 43.5 Å². The molecule has 4 rings (SSSR count). The third-order valence-electron chi connectivity index (χ3n) is 8.84. The molecule has 1 aromatic carbocycles. The van der Waals surface area contributed by atoms with E-state index in [4.69, 9.17) is 4.74 Å². The first-order valence-corrected chi connectivity index (χ1v) is 15.5. The summed E-state index contributed by atoms with van der Waals surface area (Å²) < 4.78 is 4.99. The van der Waals surface area contributed by atoms with Gasteiger partial charge in [0.05, 0.1) is 23.2 Å². The van der Waals surface area contributed by atoms with Crippen molar-refractivity contribution < 1.29 is 24.2 Å². The topological polar surface area (TPSA) is 87.1 Å². The van der Waals surface area contributed by atoms with Crippen LogP contribution in [0.2, 0.25) is 0 Å². The van der Waals surface area contributed by atoms with Gasteiger partial charge < -0.3 is 19.6 Å². The molecule has 7 nitrogen and oxygen atoms in total. The zero-order chi connectivity index (χ0) is 29.0. The number of likely N-dealkylation sites (tertiary alicyclic amines) is 1. The van der Waals surface area contributed by atoms with Crippen molar-refractivity contribution >= 4 is 35.2 Å². The van der Waals surface area contributed by atoms with Crippen molar-refractivity contribution in [1.29, 1.82) is 0 Å². The predicted octanol–water partition coefficient (Wildman–Crippen LogP) is 4.83. The number of fused-ring (bicyclic) bond motifs is 1. The van der Waals surface area contributed by atoms with Gasteiger partial charge in [0.1, 0.15) is 6.04 Å². The number of ether oxygens (including phenoxy) is 1. The highest BCUT2D eigenvalue weighted by Crippen LogP contribution is 2.68. The van der Waals surface area contributed by atoms with Gasteiger partial charge in [0, 0.05) is 30.6 Å². The lowest BCUT2D eigenvalue weighted by Gasteiger charge is -2.40. The van der Waals surface area contributed by atoms with Crippen LogP contribution in [-0.2, 0) is 19.1 Å². The molecule has 0 aliphatic carbocycles. The van der Waals surface area contributed by atoms with E-state index in [1.807, 2.05) is 32.0 Å². The molecule has 8 heteroatoms. The second-order valence-electron chi connectivity index (χ2n) is 11.5. The summed E-state index contributed by atoms with van der Waals surface area (Å²) in [5, 5.41) is 9.25. The maximum atomic E-state index is 14.7. The van der Waals surface area contributed by atoms with Crippen LogP contribution in [0.1, 0.15) is 56.6 Å². The number of aliphatic hydroxyl groups excluding tert-OH is 1. The molecule has 0 aromatic heterocycles. The fourth-order valence-corrected chi connectivity index (χ4v) is 9.37. The molecule has 3 heterocycles. The van der Waals surface area contributed by atoms with Crippen molar-refractivity contribution in [1.82, 2.24) is 4.90 Å². The zero-order valence-electron chi connectivity index (χ0n) is 24.1. The molecule has 2 bridgehead atoms. The van der Waals surface area contributed by atoms with Crippen molar-refractivity contribution in [3.63, 3.8) is 0 Å². The van der Waals surface area contributed by atoms with Crippen LogP contribution in [0, 0.1) is 31.6 Å². The summed E-state index contributed by atoms with van der Waals surface area (Å²) >= 11 is 1.67. The Labute approximate surface area is 243 Å². The van der Waals surface area contributed by atoms with E-state index < -0.39 is 22.6 Å². The lowest BCUT2D eigenvalue weighted by atomic mass is 9.66. The molecule has 3 fully saturated rings. The summed E-state index contributed by atoms with van der Waals surface area (Å²) in [5.41, 5.74) is 2.84. The number of unbranched alkanes of at least 4 members (excludes halogenated alkanes) is 3. The molecule has 3 aliphatic rings. The smallest absolute Gasteiger partial charge is 0.310 e. The summed E-state index contributed by atoms with van der Waals surface area (Å²) in [6, 6.07) is 5.36. The van der Waals surface area contributed by atoms with Gasteiger partial charge in [0.25, 0.3) is 5.91 Å². The molecular weight excluding hydrogens is 524 g/mol. The number of carbonyl (C=O) groups is 3. The Kier molecular flexibility index (Phi) is 9.83. The van der Waals surface area contributed by atoms with Gasteiger partial charge in [-0.25, -0.2) is 0 Å². The molecule has 2 amide bonds. The molecule has 1 aromatic rings. The highest BCUT2D eigenvalue weighted by molar-refractivity contribution is 8.02. The predicted molar refractivity (Wildman–Crippen MR) is 160 cm³/mol. The van der Waals surface area contributed by atoms with E-state index in [-0.39, 0.29) is 35.6 Å². The minimum Gasteiger partial charge on any atom is -0.465 e. The monoisotopic (exact) mass is 568 g/mol. The van der Waals surface area contributed by atoms with Crippen LogP contribution >= 0.6 is 11.8 Å². The summed E-state index contributed by atoms with van der Waals surface area (Å²) in [5.74, 6) is -1.61. The molecular formula is C32H44N2O5S. The number of hydrogen-bond acceptors (Lipinski definition) is 6. The third kappa shape index (κ3) is 5.37. The number of esters is 1. The molecule has 3 aliphatic heterocycles. The summed E-state index contributed by atoms with van der Waals surface area (Å²) in [6.07, 6.45) is 7.84. The normalized spacial score (nSPS) is 28.4. The van der Waals surface area contributed by atoms with Gasteiger partial charge in [-0.05, 0) is 75.5 Å². The van der Waals surface area contributed by atoms with Crippen LogP contribution < -0.4 is 4.90 Å². The van der Waals surface area contributed by atoms with Gasteiger partial charge in [0.15, 0.2) is 0 Å². The average Bonchev–Trinajstić information content (AvgIpc) is 3.52. The summed E-state index contributed by atoms with van der Waals surface area (Å²) in [4.78, 5) is 46.0. The number of aliphatic hydroxyl groups is 1. The maximum Gasteiger partial charge on any atom is 0.310 e. The molecule has 1 N–H and O–H groups in total. The minimum absolute atomic E-state index is 0.0451. The largest absolute Gasteiger partial charge is 0.465 e.